The predicted octanol–water partition coefficient (Wildman–Crippen LogP) is 6.69. The van der Waals surface area contributed by atoms with Gasteiger partial charge in [-0.05, 0) is 85.0 Å². The molecule has 0 spiro atoms. The van der Waals surface area contributed by atoms with Crippen molar-refractivity contribution in [3.63, 3.8) is 0 Å². The SMILES string of the molecule is CCI.CCN1CCN(c2ccc(N3C[C@H](CCC(=S)OC)OC3=O)cc2F)C=N1.COC(=S)CC[C@H]1CN(c2ccc(N3C=NNCC3)c(F)c2)C(=O)O1. The molecule has 0 radical (unpaired) electrons. The molecule has 300 valence electrons. The molecule has 2 aromatic carbocycles. The molecule has 4 aliphatic heterocycles. The van der Waals surface area contributed by atoms with Crippen LogP contribution in [0.15, 0.2) is 46.6 Å². The fraction of sp³-hybridized carbons (Fsp3) is 0.500. The topological polar surface area (TPSA) is 124 Å². The molecule has 0 bridgehead atoms. The molecule has 2 fully saturated rings. The van der Waals surface area contributed by atoms with Gasteiger partial charge in [0.2, 0.25) is 0 Å². The summed E-state index contributed by atoms with van der Waals surface area (Å²) in [7, 11) is 3.04. The van der Waals surface area contributed by atoms with E-state index in [4.69, 9.17) is 43.4 Å². The highest BCUT2D eigenvalue weighted by molar-refractivity contribution is 14.1. The van der Waals surface area contributed by atoms with E-state index in [0.29, 0.717) is 91.3 Å². The van der Waals surface area contributed by atoms with Crippen molar-refractivity contribution in [1.29, 1.82) is 0 Å². The fourth-order valence-electron chi connectivity index (χ4n) is 5.80. The first kappa shape index (κ1) is 43.6. The number of anilines is 4. The van der Waals surface area contributed by atoms with Crippen LogP contribution in [0.3, 0.4) is 0 Å². The number of ether oxygens (including phenoxy) is 4. The van der Waals surface area contributed by atoms with Gasteiger partial charge in [-0.25, -0.2) is 18.4 Å². The van der Waals surface area contributed by atoms with Crippen LogP contribution in [0, 0.1) is 11.6 Å². The van der Waals surface area contributed by atoms with Gasteiger partial charge in [-0.1, -0.05) is 29.5 Å². The van der Waals surface area contributed by atoms with Gasteiger partial charge in [0.05, 0.1) is 63.1 Å². The van der Waals surface area contributed by atoms with E-state index in [1.807, 2.05) is 11.9 Å². The molecule has 14 nitrogen and oxygen atoms in total. The standard InChI is InChI=1S/C18H23FN4O3S.C16H19FN4O3S.C2H5I/c1-3-22-9-8-21(12-20-22)16-6-4-13(10-15(16)19)23-11-14(26-18(23)24)5-7-17(27)25-2;1-23-15(25)5-3-12-9-21(16(22)24-12)11-2-4-14(13(17)8-11)20-7-6-18-19-10-20;1-2-3/h4,6,10,12,14H,3,5,7-9,11H2,1-2H3;2,4,8,10,12,18H,3,5-7,9H2,1H3;2H2,1H3/t14-;12-;/m00./s1. The minimum atomic E-state index is -0.482. The maximum absolute atomic E-state index is 14.7. The number of halogens is 3. The van der Waals surface area contributed by atoms with Gasteiger partial charge in [-0.3, -0.25) is 14.8 Å². The Hall–Kier alpha value is -4.11. The molecule has 0 aromatic heterocycles. The number of nitrogens with one attached hydrogen (secondary N) is 1. The van der Waals surface area contributed by atoms with Crippen molar-refractivity contribution in [2.75, 3.05) is 84.1 Å². The van der Waals surface area contributed by atoms with Crippen molar-refractivity contribution in [3.8, 4) is 0 Å². The zero-order chi connectivity index (χ0) is 39.9. The second-order valence-electron chi connectivity index (χ2n) is 12.3. The number of benzene rings is 2. The average Bonchev–Trinajstić information content (AvgIpc) is 3.77. The molecule has 2 aromatic rings. The van der Waals surface area contributed by atoms with Gasteiger partial charge >= 0.3 is 12.2 Å². The normalized spacial score (nSPS) is 18.8. The van der Waals surface area contributed by atoms with E-state index >= 15 is 0 Å². The summed E-state index contributed by atoms with van der Waals surface area (Å²) in [6.45, 7) is 8.32. The summed E-state index contributed by atoms with van der Waals surface area (Å²) in [6.07, 6.45) is 3.86. The number of alkyl halides is 1. The summed E-state index contributed by atoms with van der Waals surface area (Å²) in [6, 6.07) is 9.44. The number of cyclic esters (lactones) is 2. The Balaban J connectivity index is 0.000000229. The van der Waals surface area contributed by atoms with Gasteiger partial charge in [0.15, 0.2) is 10.1 Å². The Kier molecular flexibility index (Phi) is 17.3. The molecular formula is C36H47F2IN8O6S2. The number of thiocarbonyl (C=S) groups is 2. The van der Waals surface area contributed by atoms with E-state index in [9.17, 15) is 18.4 Å². The molecule has 1 N–H and O–H groups in total. The highest BCUT2D eigenvalue weighted by Crippen LogP contribution is 2.30. The molecule has 0 unspecified atom stereocenters. The highest BCUT2D eigenvalue weighted by Gasteiger charge is 2.34. The van der Waals surface area contributed by atoms with Crippen molar-refractivity contribution in [3.05, 3.63) is 48.0 Å². The zero-order valence-electron chi connectivity index (χ0n) is 31.3. The third-order valence-electron chi connectivity index (χ3n) is 8.72. The van der Waals surface area contributed by atoms with E-state index in [0.717, 1.165) is 13.1 Å². The largest absolute Gasteiger partial charge is 0.490 e. The van der Waals surface area contributed by atoms with E-state index in [2.05, 4.69) is 45.1 Å². The fourth-order valence-corrected chi connectivity index (χ4v) is 6.04. The van der Waals surface area contributed by atoms with Crippen molar-refractivity contribution in [2.24, 2.45) is 10.2 Å². The predicted molar refractivity (Wildman–Crippen MR) is 227 cm³/mol. The number of hydrazone groups is 2. The number of methoxy groups -OCH3 is 2. The van der Waals surface area contributed by atoms with E-state index < -0.39 is 23.8 Å². The Labute approximate surface area is 344 Å². The Morgan fingerprint density at radius 2 is 1.33 bits per heavy atom. The Morgan fingerprint density at radius 3 is 1.71 bits per heavy atom. The van der Waals surface area contributed by atoms with Crippen molar-refractivity contribution >= 4 is 105 Å². The van der Waals surface area contributed by atoms with Gasteiger partial charge in [-0.15, -0.1) is 0 Å². The molecule has 0 saturated carbocycles. The number of nitrogens with zero attached hydrogens (tertiary/aromatic N) is 7. The number of hydrogen-bond donors (Lipinski definition) is 1. The number of carbonyl (C=O) groups is 2. The molecule has 0 aliphatic carbocycles. The molecular weight excluding hydrogens is 869 g/mol. The summed E-state index contributed by atoms with van der Waals surface area (Å²) in [5, 5.41) is 11.1. The molecule has 2 atom stereocenters. The maximum atomic E-state index is 14.7. The lowest BCUT2D eigenvalue weighted by Gasteiger charge is -2.29. The van der Waals surface area contributed by atoms with E-state index in [-0.39, 0.29) is 12.2 Å². The van der Waals surface area contributed by atoms with Crippen LogP contribution in [0.5, 0.6) is 0 Å². The first-order valence-electron chi connectivity index (χ1n) is 17.8. The van der Waals surface area contributed by atoms with Gasteiger partial charge < -0.3 is 34.2 Å². The third-order valence-corrected chi connectivity index (χ3v) is 9.46. The van der Waals surface area contributed by atoms with Crippen LogP contribution < -0.4 is 25.0 Å². The third kappa shape index (κ3) is 12.4. The van der Waals surface area contributed by atoms with Crippen molar-refractivity contribution in [1.82, 2.24) is 10.4 Å². The van der Waals surface area contributed by atoms with Crippen LogP contribution >= 0.6 is 47.0 Å². The Morgan fingerprint density at radius 1 is 0.836 bits per heavy atom. The molecule has 2 saturated heterocycles. The lowest BCUT2D eigenvalue weighted by molar-refractivity contribution is 0.136. The molecule has 4 heterocycles. The number of carbonyl (C=O) groups excluding carboxylic acids is 2. The molecule has 6 rings (SSSR count). The smallest absolute Gasteiger partial charge is 0.414 e. The molecule has 4 aliphatic rings. The quantitative estimate of drug-likeness (QED) is 0.147. The second-order valence-corrected chi connectivity index (χ2v) is 14.8. The molecule has 2 amide bonds. The number of rotatable bonds is 11. The number of likely N-dealkylation sites (N-methyl/N-ethyl adjacent to an activating group) is 1. The van der Waals surface area contributed by atoms with E-state index in [1.54, 1.807) is 46.7 Å². The van der Waals surface area contributed by atoms with Crippen molar-refractivity contribution < 1.29 is 37.3 Å². The highest BCUT2D eigenvalue weighted by atomic mass is 127. The van der Waals surface area contributed by atoms with Gasteiger partial charge in [-0.2, -0.15) is 10.2 Å². The van der Waals surface area contributed by atoms with Crippen LogP contribution in [-0.4, -0.2) is 117 Å². The van der Waals surface area contributed by atoms with Crippen LogP contribution in [-0.2, 0) is 18.9 Å². The van der Waals surface area contributed by atoms with Gasteiger partial charge in [0.1, 0.15) is 36.5 Å². The van der Waals surface area contributed by atoms with Crippen LogP contribution in [0.1, 0.15) is 39.5 Å². The Bertz CT molecular complexity index is 1710. The van der Waals surface area contributed by atoms with Crippen LogP contribution in [0.4, 0.5) is 41.1 Å². The second kappa shape index (κ2) is 21.8. The van der Waals surface area contributed by atoms with E-state index in [1.165, 1.54) is 40.6 Å². The van der Waals surface area contributed by atoms with Gasteiger partial charge in [0.25, 0.3) is 0 Å². The number of amides is 2. The van der Waals surface area contributed by atoms with Crippen molar-refractivity contribution in [2.45, 2.75) is 51.7 Å². The molecule has 55 heavy (non-hydrogen) atoms. The zero-order valence-corrected chi connectivity index (χ0v) is 35.1. The summed E-state index contributed by atoms with van der Waals surface area (Å²) >= 11 is 12.3. The lowest BCUT2D eigenvalue weighted by atomic mass is 10.2. The first-order valence-corrected chi connectivity index (χ1v) is 20.2. The summed E-state index contributed by atoms with van der Waals surface area (Å²) in [5.74, 6) is -0.816. The minimum Gasteiger partial charge on any atom is -0.490 e. The van der Waals surface area contributed by atoms with Crippen LogP contribution in [0.2, 0.25) is 0 Å². The minimum absolute atomic E-state index is 0.288. The lowest BCUT2D eigenvalue weighted by Crippen LogP contribution is -2.38. The summed E-state index contributed by atoms with van der Waals surface area (Å²) in [5.41, 5.74) is 4.61. The number of hydrogen-bond acceptors (Lipinski definition) is 14. The molecule has 19 heteroatoms. The van der Waals surface area contributed by atoms with Crippen LogP contribution in [0.25, 0.3) is 0 Å². The van der Waals surface area contributed by atoms with Gasteiger partial charge in [0, 0.05) is 32.5 Å². The first-order chi connectivity index (χ1) is 26.5. The maximum Gasteiger partial charge on any atom is 0.414 e. The summed E-state index contributed by atoms with van der Waals surface area (Å²) < 4.78 is 50.9. The average molecular weight is 917 g/mol. The summed E-state index contributed by atoms with van der Waals surface area (Å²) in [4.78, 5) is 30.6. The monoisotopic (exact) mass is 916 g/mol.